The molecular formula is C29H30N2O5S. The number of fused-ring (bicyclic) bond motifs is 1. The summed E-state index contributed by atoms with van der Waals surface area (Å²) in [5.41, 5.74) is 1.87. The molecule has 8 heteroatoms. The summed E-state index contributed by atoms with van der Waals surface area (Å²) in [7, 11) is 0. The average Bonchev–Trinajstić information content (AvgIpc) is 3.70. The monoisotopic (exact) mass is 518 g/mol. The molecule has 3 aromatic rings. The normalized spacial score (nSPS) is 16.3. The Morgan fingerprint density at radius 1 is 0.973 bits per heavy atom. The van der Waals surface area contributed by atoms with Crippen molar-refractivity contribution >= 4 is 29.2 Å². The minimum atomic E-state index is -0.202. The first-order chi connectivity index (χ1) is 18.1. The molecule has 5 rings (SSSR count). The molecule has 0 spiro atoms. The summed E-state index contributed by atoms with van der Waals surface area (Å²) >= 11 is 1.61. The lowest BCUT2D eigenvalue weighted by molar-refractivity contribution is -0.140. The van der Waals surface area contributed by atoms with Crippen molar-refractivity contribution < 1.29 is 23.8 Å². The van der Waals surface area contributed by atoms with Crippen LogP contribution in [-0.4, -0.2) is 54.2 Å². The number of amides is 2. The van der Waals surface area contributed by atoms with Crippen molar-refractivity contribution in [2.45, 2.75) is 32.0 Å². The molecule has 0 aliphatic carbocycles. The first kappa shape index (κ1) is 25.0. The average molecular weight is 519 g/mol. The molecule has 1 fully saturated rings. The largest absolute Gasteiger partial charge is 0.454 e. The van der Waals surface area contributed by atoms with Crippen molar-refractivity contribution in [2.75, 3.05) is 26.5 Å². The predicted molar refractivity (Wildman–Crippen MR) is 142 cm³/mol. The van der Waals surface area contributed by atoms with Gasteiger partial charge in [0.05, 0.1) is 12.6 Å². The van der Waals surface area contributed by atoms with Crippen molar-refractivity contribution in [2.24, 2.45) is 0 Å². The van der Waals surface area contributed by atoms with Gasteiger partial charge in [0.2, 0.25) is 18.6 Å². The highest BCUT2D eigenvalue weighted by Crippen LogP contribution is 2.33. The van der Waals surface area contributed by atoms with Crippen molar-refractivity contribution in [1.29, 1.82) is 0 Å². The van der Waals surface area contributed by atoms with E-state index in [4.69, 9.17) is 14.2 Å². The number of thiophene rings is 1. The Balaban J connectivity index is 1.33. The smallest absolute Gasteiger partial charge is 0.247 e. The molecule has 0 N–H and O–H groups in total. The van der Waals surface area contributed by atoms with Gasteiger partial charge >= 0.3 is 0 Å². The number of hydrogen-bond acceptors (Lipinski definition) is 6. The van der Waals surface area contributed by atoms with E-state index in [1.165, 1.54) is 0 Å². The van der Waals surface area contributed by atoms with Crippen LogP contribution in [-0.2, 0) is 27.4 Å². The van der Waals surface area contributed by atoms with Gasteiger partial charge in [-0.1, -0.05) is 42.5 Å². The second kappa shape index (κ2) is 12.1. The minimum absolute atomic E-state index is 0.0201. The van der Waals surface area contributed by atoms with Crippen LogP contribution in [0.15, 0.2) is 72.1 Å². The Morgan fingerprint density at radius 2 is 1.84 bits per heavy atom. The summed E-state index contributed by atoms with van der Waals surface area (Å²) in [6, 6.07) is 19.4. The molecule has 2 amide bonds. The Hall–Kier alpha value is -3.62. The van der Waals surface area contributed by atoms with Gasteiger partial charge < -0.3 is 24.0 Å². The van der Waals surface area contributed by atoms with Crippen LogP contribution < -0.4 is 9.47 Å². The lowest BCUT2D eigenvalue weighted by atomic mass is 10.1. The van der Waals surface area contributed by atoms with Crippen LogP contribution in [0.4, 0.5) is 0 Å². The van der Waals surface area contributed by atoms with Gasteiger partial charge in [-0.2, -0.15) is 0 Å². The molecule has 7 nitrogen and oxygen atoms in total. The van der Waals surface area contributed by atoms with E-state index < -0.39 is 0 Å². The third kappa shape index (κ3) is 6.78. The third-order valence-electron chi connectivity index (χ3n) is 6.39. The van der Waals surface area contributed by atoms with Crippen LogP contribution in [0.2, 0.25) is 0 Å². The molecule has 192 valence electrons. The molecule has 0 bridgehead atoms. The van der Waals surface area contributed by atoms with E-state index in [0.717, 1.165) is 28.8 Å². The number of benzene rings is 2. The van der Waals surface area contributed by atoms with E-state index in [1.807, 2.05) is 66.0 Å². The highest BCUT2D eigenvalue weighted by Gasteiger charge is 2.26. The molecule has 1 atom stereocenters. The zero-order chi connectivity index (χ0) is 25.5. The maximum absolute atomic E-state index is 13.7. The molecule has 0 radical (unpaired) electrons. The maximum Gasteiger partial charge on any atom is 0.247 e. The highest BCUT2D eigenvalue weighted by atomic mass is 32.1. The number of carbonyl (C=O) groups excluding carboxylic acids is 2. The Labute approximate surface area is 220 Å². The van der Waals surface area contributed by atoms with Gasteiger partial charge in [-0.15, -0.1) is 11.3 Å². The number of rotatable bonds is 10. The molecule has 0 saturated carbocycles. The van der Waals surface area contributed by atoms with Crippen molar-refractivity contribution in [3.05, 3.63) is 88.1 Å². The van der Waals surface area contributed by atoms with Gasteiger partial charge in [0.15, 0.2) is 11.5 Å². The fraction of sp³-hybridized carbons (Fsp3) is 0.310. The van der Waals surface area contributed by atoms with Gasteiger partial charge in [-0.05, 0) is 53.6 Å². The molecule has 2 aliphatic rings. The number of ether oxygens (including phenoxy) is 3. The van der Waals surface area contributed by atoms with Crippen LogP contribution in [0.3, 0.4) is 0 Å². The SMILES string of the molecule is O=C(C=Cc1ccccc1)N(CC(=O)N(Cc1ccc2c(c1)OCO2)Cc1cccs1)CC1CCCO1. The lowest BCUT2D eigenvalue weighted by Gasteiger charge is -2.28. The molecule has 1 unspecified atom stereocenters. The standard InChI is InChI=1S/C29H30N2O5S/c32-28(13-11-22-6-2-1-3-7-22)31(18-24-8-4-14-34-24)20-29(33)30(19-25-9-5-15-37-25)17-23-10-12-26-27(16-23)36-21-35-26/h1-3,5-7,9-13,15-16,24H,4,8,14,17-21H2. The van der Waals surface area contributed by atoms with Crippen LogP contribution in [0.25, 0.3) is 6.08 Å². The first-order valence-electron chi connectivity index (χ1n) is 12.5. The molecule has 2 aliphatic heterocycles. The molecular weight excluding hydrogens is 488 g/mol. The van der Waals surface area contributed by atoms with Gasteiger partial charge in [-0.25, -0.2) is 0 Å². The van der Waals surface area contributed by atoms with Gasteiger partial charge in [-0.3, -0.25) is 9.59 Å². The second-order valence-corrected chi connectivity index (χ2v) is 10.1. The summed E-state index contributed by atoms with van der Waals surface area (Å²) in [6.45, 7) is 2.12. The fourth-order valence-corrected chi connectivity index (χ4v) is 5.17. The summed E-state index contributed by atoms with van der Waals surface area (Å²) in [4.78, 5) is 31.4. The van der Waals surface area contributed by atoms with E-state index in [2.05, 4.69) is 0 Å². The number of hydrogen-bond donors (Lipinski definition) is 0. The predicted octanol–water partition coefficient (Wildman–Crippen LogP) is 4.73. The van der Waals surface area contributed by atoms with Gasteiger partial charge in [0, 0.05) is 30.6 Å². The zero-order valence-electron chi connectivity index (χ0n) is 20.6. The van der Waals surface area contributed by atoms with Crippen molar-refractivity contribution in [3.8, 4) is 11.5 Å². The van der Waals surface area contributed by atoms with Crippen LogP contribution in [0, 0.1) is 0 Å². The fourth-order valence-electron chi connectivity index (χ4n) is 4.45. The van der Waals surface area contributed by atoms with Crippen LogP contribution in [0.5, 0.6) is 11.5 Å². The minimum Gasteiger partial charge on any atom is -0.454 e. The molecule has 1 saturated heterocycles. The molecule has 37 heavy (non-hydrogen) atoms. The Morgan fingerprint density at radius 3 is 2.62 bits per heavy atom. The molecule has 3 heterocycles. The maximum atomic E-state index is 13.7. The van der Waals surface area contributed by atoms with Crippen molar-refractivity contribution in [1.82, 2.24) is 9.80 Å². The molecule has 2 aromatic carbocycles. The van der Waals surface area contributed by atoms with E-state index in [-0.39, 0.29) is 31.3 Å². The lowest BCUT2D eigenvalue weighted by Crippen LogP contribution is -2.44. The first-order valence-corrected chi connectivity index (χ1v) is 13.3. The third-order valence-corrected chi connectivity index (χ3v) is 7.25. The number of nitrogens with zero attached hydrogens (tertiary/aromatic N) is 2. The summed E-state index contributed by atoms with van der Waals surface area (Å²) < 4.78 is 16.7. The van der Waals surface area contributed by atoms with Gasteiger partial charge in [0.25, 0.3) is 0 Å². The van der Waals surface area contributed by atoms with Crippen LogP contribution >= 0.6 is 11.3 Å². The Bertz CT molecular complexity index is 1220. The zero-order valence-corrected chi connectivity index (χ0v) is 21.4. The van der Waals surface area contributed by atoms with Gasteiger partial charge in [0.1, 0.15) is 6.54 Å². The summed E-state index contributed by atoms with van der Waals surface area (Å²) in [5.74, 6) is 1.07. The second-order valence-electron chi connectivity index (χ2n) is 9.11. The number of carbonyl (C=O) groups is 2. The quantitative estimate of drug-likeness (QED) is 0.363. The summed E-state index contributed by atoms with van der Waals surface area (Å²) in [6.07, 6.45) is 5.12. The van der Waals surface area contributed by atoms with Crippen LogP contribution in [0.1, 0.15) is 28.8 Å². The highest BCUT2D eigenvalue weighted by molar-refractivity contribution is 7.09. The van der Waals surface area contributed by atoms with E-state index in [9.17, 15) is 9.59 Å². The van der Waals surface area contributed by atoms with E-state index in [1.54, 1.807) is 33.3 Å². The topological polar surface area (TPSA) is 68.3 Å². The summed E-state index contributed by atoms with van der Waals surface area (Å²) in [5, 5.41) is 2.00. The Kier molecular flexibility index (Phi) is 8.18. The van der Waals surface area contributed by atoms with Crippen molar-refractivity contribution in [3.63, 3.8) is 0 Å². The van der Waals surface area contributed by atoms with E-state index in [0.29, 0.717) is 37.7 Å². The molecule has 1 aromatic heterocycles. The van der Waals surface area contributed by atoms with E-state index >= 15 is 0 Å².